The van der Waals surface area contributed by atoms with Crippen molar-refractivity contribution in [2.24, 2.45) is 11.8 Å². The fourth-order valence-corrected chi connectivity index (χ4v) is 8.76. The zero-order valence-electron chi connectivity index (χ0n) is 29.8. The van der Waals surface area contributed by atoms with Crippen LogP contribution in [0.15, 0.2) is 57.9 Å². The Morgan fingerprint density at radius 1 is 1.12 bits per heavy atom. The predicted molar refractivity (Wildman–Crippen MR) is 203 cm³/mol. The molecule has 1 saturated heterocycles. The standard InChI is InChI=1S/C39H45N3O8S2/c1-39(2,3)50-28-11-8-22(9-12-28)15-30(41-37(46)47)35(44)40-13-5-6-25-19-32(26-17-27(43)20-29(18-26)48-4)49-33(25)21-34-36(45)42(38(51)52-34)31-16-23-7-10-24(31)14-23/h8-9,11-12,17-21,23-24,30-31,41,43H,5-7,10,13-16H2,1-4H3,(H,40,44)(H,46,47)/t23?,24?,30-,31?/m0/s1. The maximum Gasteiger partial charge on any atom is 0.405 e. The van der Waals surface area contributed by atoms with Gasteiger partial charge >= 0.3 is 6.09 Å². The molecular formula is C39H45N3O8S2. The van der Waals surface area contributed by atoms with E-state index >= 15 is 0 Å². The Bertz CT molecular complexity index is 1870. The quantitative estimate of drug-likeness (QED) is 0.0806. The number of thiocarbonyl (C=S) groups is 1. The minimum atomic E-state index is -1.29. The number of nitrogens with one attached hydrogen (secondary N) is 2. The van der Waals surface area contributed by atoms with Gasteiger partial charge in [-0.05, 0) is 106 Å². The molecule has 3 fully saturated rings. The number of thioether (sulfide) groups is 1. The summed E-state index contributed by atoms with van der Waals surface area (Å²) >= 11 is 7.00. The molecular weight excluding hydrogens is 703 g/mol. The maximum atomic E-state index is 13.7. The van der Waals surface area contributed by atoms with Gasteiger partial charge in [0.1, 0.15) is 44.7 Å². The molecule has 2 aliphatic carbocycles. The summed E-state index contributed by atoms with van der Waals surface area (Å²) in [5.74, 6) is 2.74. The van der Waals surface area contributed by atoms with Crippen molar-refractivity contribution in [2.45, 2.75) is 83.4 Å². The average Bonchev–Trinajstić information content (AvgIpc) is 3.87. The van der Waals surface area contributed by atoms with Crippen LogP contribution in [0.2, 0.25) is 0 Å². The number of carbonyl (C=O) groups is 3. The second-order valence-electron chi connectivity index (χ2n) is 14.7. The Kier molecular flexibility index (Phi) is 11.2. The highest BCUT2D eigenvalue weighted by Gasteiger charge is 2.48. The van der Waals surface area contributed by atoms with Crippen LogP contribution < -0.4 is 20.1 Å². The smallest absolute Gasteiger partial charge is 0.405 e. The van der Waals surface area contributed by atoms with Crippen LogP contribution in [0.1, 0.15) is 69.8 Å². The number of aryl methyl sites for hydroxylation is 1. The Balaban J connectivity index is 1.15. The molecule has 3 aliphatic rings. The highest BCUT2D eigenvalue weighted by Crippen LogP contribution is 2.49. The Hall–Kier alpha value is -4.49. The van der Waals surface area contributed by atoms with Crippen molar-refractivity contribution in [3.8, 4) is 28.6 Å². The first-order valence-corrected chi connectivity index (χ1v) is 18.8. The van der Waals surface area contributed by atoms with Gasteiger partial charge in [0, 0.05) is 36.7 Å². The average molecular weight is 748 g/mol. The van der Waals surface area contributed by atoms with Gasteiger partial charge in [0.25, 0.3) is 5.91 Å². The van der Waals surface area contributed by atoms with Crippen LogP contribution >= 0.6 is 24.0 Å². The molecule has 4 atom stereocenters. The number of furan rings is 1. The lowest BCUT2D eigenvalue weighted by atomic mass is 9.94. The van der Waals surface area contributed by atoms with Gasteiger partial charge in [0.15, 0.2) is 0 Å². The van der Waals surface area contributed by atoms with Gasteiger partial charge in [-0.3, -0.25) is 14.5 Å². The molecule has 3 aromatic rings. The predicted octanol–water partition coefficient (Wildman–Crippen LogP) is 7.16. The summed E-state index contributed by atoms with van der Waals surface area (Å²) in [5, 5.41) is 25.0. The summed E-state index contributed by atoms with van der Waals surface area (Å²) in [6.45, 7) is 6.12. The minimum absolute atomic E-state index is 0.0157. The number of methoxy groups -OCH3 is 1. The number of carboxylic acid groups (broad SMARTS) is 1. The number of phenols is 1. The third kappa shape index (κ3) is 8.92. The van der Waals surface area contributed by atoms with Crippen molar-refractivity contribution in [1.82, 2.24) is 15.5 Å². The lowest BCUT2D eigenvalue weighted by molar-refractivity contribution is -0.124. The van der Waals surface area contributed by atoms with E-state index in [0.717, 1.165) is 30.4 Å². The highest BCUT2D eigenvalue weighted by atomic mass is 32.2. The zero-order valence-corrected chi connectivity index (χ0v) is 31.4. The van der Waals surface area contributed by atoms with E-state index in [1.165, 1.54) is 31.4 Å². The number of phenolic OH excluding ortho intramolecular Hbond substituents is 1. The molecule has 2 saturated carbocycles. The molecule has 3 amide bonds. The second kappa shape index (κ2) is 15.6. The lowest BCUT2D eigenvalue weighted by Gasteiger charge is -2.30. The van der Waals surface area contributed by atoms with Crippen molar-refractivity contribution in [3.05, 3.63) is 70.3 Å². The van der Waals surface area contributed by atoms with Gasteiger partial charge in [0.2, 0.25) is 5.91 Å². The number of aromatic hydroxyl groups is 1. The molecule has 2 aromatic carbocycles. The molecule has 0 spiro atoms. The summed E-state index contributed by atoms with van der Waals surface area (Å²) in [6, 6.07) is 13.1. The topological polar surface area (TPSA) is 151 Å². The number of ether oxygens (including phenoxy) is 2. The van der Waals surface area contributed by atoms with Crippen LogP contribution in [-0.2, 0) is 22.4 Å². The first kappa shape index (κ1) is 37.3. The van der Waals surface area contributed by atoms with E-state index in [-0.39, 0.29) is 36.3 Å². The van der Waals surface area contributed by atoms with E-state index in [4.69, 9.17) is 26.1 Å². The number of benzene rings is 2. The monoisotopic (exact) mass is 747 g/mol. The van der Waals surface area contributed by atoms with Crippen molar-refractivity contribution >= 4 is 52.3 Å². The molecule has 276 valence electrons. The van der Waals surface area contributed by atoms with E-state index in [1.807, 2.05) is 43.9 Å². The van der Waals surface area contributed by atoms with Crippen molar-refractivity contribution < 1.29 is 38.5 Å². The number of rotatable bonds is 13. The summed E-state index contributed by atoms with van der Waals surface area (Å²) in [5.41, 5.74) is 1.81. The number of fused-ring (bicyclic) bond motifs is 2. The van der Waals surface area contributed by atoms with E-state index in [2.05, 4.69) is 10.6 Å². The number of hydrogen-bond donors (Lipinski definition) is 4. The van der Waals surface area contributed by atoms with Crippen LogP contribution in [0.3, 0.4) is 0 Å². The molecule has 52 heavy (non-hydrogen) atoms. The first-order valence-electron chi connectivity index (χ1n) is 17.6. The van der Waals surface area contributed by atoms with E-state index in [1.54, 1.807) is 30.3 Å². The lowest BCUT2D eigenvalue weighted by Crippen LogP contribution is -2.47. The van der Waals surface area contributed by atoms with E-state index in [0.29, 0.717) is 62.5 Å². The van der Waals surface area contributed by atoms with Gasteiger partial charge in [0.05, 0.1) is 12.0 Å². The van der Waals surface area contributed by atoms with Crippen molar-refractivity contribution in [3.63, 3.8) is 0 Å². The summed E-state index contributed by atoms with van der Waals surface area (Å²) in [7, 11) is 1.51. The zero-order chi connectivity index (χ0) is 37.2. The number of nitrogens with zero attached hydrogens (tertiary/aromatic N) is 1. The molecule has 2 heterocycles. The third-order valence-electron chi connectivity index (χ3n) is 9.69. The molecule has 6 rings (SSSR count). The molecule has 3 unspecified atom stereocenters. The molecule has 1 aromatic heterocycles. The maximum absolute atomic E-state index is 13.7. The highest BCUT2D eigenvalue weighted by molar-refractivity contribution is 8.26. The van der Waals surface area contributed by atoms with E-state index < -0.39 is 18.0 Å². The normalized spacial score (nSPS) is 21.1. The third-order valence-corrected chi connectivity index (χ3v) is 11.0. The van der Waals surface area contributed by atoms with Gasteiger partial charge in [-0.1, -0.05) is 42.5 Å². The fraction of sp³-hybridized carbons (Fsp3) is 0.436. The van der Waals surface area contributed by atoms with Crippen LogP contribution in [-0.4, -0.2) is 68.7 Å². The Labute approximate surface area is 313 Å². The first-order chi connectivity index (χ1) is 24.8. The van der Waals surface area contributed by atoms with Crippen LogP contribution in [0, 0.1) is 11.8 Å². The van der Waals surface area contributed by atoms with Gasteiger partial charge in [-0.2, -0.15) is 0 Å². The molecule has 4 N–H and O–H groups in total. The van der Waals surface area contributed by atoms with Crippen LogP contribution in [0.5, 0.6) is 17.2 Å². The largest absolute Gasteiger partial charge is 0.508 e. The molecule has 0 radical (unpaired) electrons. The Morgan fingerprint density at radius 3 is 2.54 bits per heavy atom. The van der Waals surface area contributed by atoms with Crippen LogP contribution in [0.4, 0.5) is 4.79 Å². The van der Waals surface area contributed by atoms with Gasteiger partial charge < -0.3 is 34.7 Å². The van der Waals surface area contributed by atoms with Crippen molar-refractivity contribution in [1.29, 1.82) is 0 Å². The van der Waals surface area contributed by atoms with Crippen molar-refractivity contribution in [2.75, 3.05) is 13.7 Å². The molecule has 11 nitrogen and oxygen atoms in total. The number of hydrogen-bond acceptors (Lipinski definition) is 9. The molecule has 13 heteroatoms. The summed E-state index contributed by atoms with van der Waals surface area (Å²) in [4.78, 5) is 40.8. The summed E-state index contributed by atoms with van der Waals surface area (Å²) < 4.78 is 18.1. The SMILES string of the molecule is COc1cc(O)cc(-c2cc(CCCNC(=O)[C@H](Cc3ccc(OC(C)(C)C)cc3)NC(=O)O)c(C=C3SC(=S)N(C4CC5CCC4C5)C3=O)o2)c1. The van der Waals surface area contributed by atoms with Gasteiger partial charge in [-0.15, -0.1) is 0 Å². The Morgan fingerprint density at radius 2 is 1.88 bits per heavy atom. The fourth-order valence-electron chi connectivity index (χ4n) is 7.41. The molecule has 1 aliphatic heterocycles. The summed E-state index contributed by atoms with van der Waals surface area (Å²) in [6.07, 6.45) is 6.10. The molecule has 2 bridgehead atoms. The number of amides is 3. The second-order valence-corrected chi connectivity index (χ2v) is 16.3. The van der Waals surface area contributed by atoms with Crippen LogP contribution in [0.25, 0.3) is 17.4 Å². The minimum Gasteiger partial charge on any atom is -0.508 e. The van der Waals surface area contributed by atoms with Gasteiger partial charge in [-0.25, -0.2) is 4.79 Å². The number of carbonyl (C=O) groups excluding carboxylic acids is 2. The van der Waals surface area contributed by atoms with E-state index in [9.17, 15) is 24.6 Å².